The van der Waals surface area contributed by atoms with E-state index < -0.39 is 15.9 Å². The fourth-order valence-electron chi connectivity index (χ4n) is 3.77. The van der Waals surface area contributed by atoms with Gasteiger partial charge in [-0.15, -0.1) is 0 Å². The summed E-state index contributed by atoms with van der Waals surface area (Å²) in [7, 11) is -0.665. The number of piperidine rings is 1. The van der Waals surface area contributed by atoms with Crippen LogP contribution in [0.25, 0.3) is 0 Å². The van der Waals surface area contributed by atoms with Crippen LogP contribution in [0, 0.1) is 12.8 Å². The maximum Gasteiger partial charge on any atom is 0.243 e. The highest BCUT2D eigenvalue weighted by atomic mass is 32.2. The van der Waals surface area contributed by atoms with Gasteiger partial charge in [0, 0.05) is 19.2 Å². The molecule has 1 aliphatic heterocycles. The lowest BCUT2D eigenvalue weighted by atomic mass is 9.98. The fourth-order valence-corrected chi connectivity index (χ4v) is 5.38. The van der Waals surface area contributed by atoms with Gasteiger partial charge in [0.25, 0.3) is 0 Å². The summed E-state index contributed by atoms with van der Waals surface area (Å²) < 4.78 is 43.9. The number of nitrogens with one attached hydrogen (secondary N) is 1. The van der Waals surface area contributed by atoms with E-state index in [0.29, 0.717) is 48.9 Å². The van der Waals surface area contributed by atoms with Crippen molar-refractivity contribution in [2.75, 3.05) is 39.2 Å². The quantitative estimate of drug-likeness (QED) is 0.646. The zero-order valence-corrected chi connectivity index (χ0v) is 19.7. The van der Waals surface area contributed by atoms with Gasteiger partial charge in [0.05, 0.1) is 37.3 Å². The number of nitrogens with zero attached hydrogens (tertiary/aromatic N) is 1. The number of anilines is 1. The Balaban J connectivity index is 1.76. The zero-order valence-electron chi connectivity index (χ0n) is 18.9. The van der Waals surface area contributed by atoms with Crippen LogP contribution in [-0.4, -0.2) is 52.5 Å². The molecule has 3 rings (SSSR count). The monoisotopic (exact) mass is 462 g/mol. The Morgan fingerprint density at radius 3 is 2.53 bits per heavy atom. The Bertz CT molecular complexity index is 1070. The number of aryl methyl sites for hydroxylation is 1. The minimum Gasteiger partial charge on any atom is -0.497 e. The highest BCUT2D eigenvalue weighted by molar-refractivity contribution is 7.89. The summed E-state index contributed by atoms with van der Waals surface area (Å²) in [5, 5.41) is 2.87. The molecule has 1 amide bonds. The molecule has 174 valence electrons. The van der Waals surface area contributed by atoms with Crippen LogP contribution >= 0.6 is 0 Å². The summed E-state index contributed by atoms with van der Waals surface area (Å²) >= 11 is 0. The molecule has 0 bridgehead atoms. The summed E-state index contributed by atoms with van der Waals surface area (Å²) in [5.41, 5.74) is 1.24. The first kappa shape index (κ1) is 23.9. The van der Waals surface area contributed by atoms with Gasteiger partial charge in [0.15, 0.2) is 0 Å². The Morgan fingerprint density at radius 1 is 1.12 bits per heavy atom. The molecule has 0 spiro atoms. The van der Waals surface area contributed by atoms with Crippen molar-refractivity contribution < 1.29 is 27.4 Å². The molecular formula is C23H30N2O6S. The smallest absolute Gasteiger partial charge is 0.243 e. The van der Waals surface area contributed by atoms with Gasteiger partial charge >= 0.3 is 0 Å². The summed E-state index contributed by atoms with van der Waals surface area (Å²) in [4.78, 5) is 13.2. The van der Waals surface area contributed by atoms with E-state index in [1.807, 2.05) is 13.8 Å². The summed E-state index contributed by atoms with van der Waals surface area (Å²) in [6.07, 6.45) is 1.20. The number of rotatable bonds is 8. The van der Waals surface area contributed by atoms with Crippen molar-refractivity contribution in [1.82, 2.24) is 4.31 Å². The molecular weight excluding hydrogens is 432 g/mol. The minimum atomic E-state index is -3.73. The van der Waals surface area contributed by atoms with E-state index in [9.17, 15) is 13.2 Å². The maximum absolute atomic E-state index is 13.2. The SMILES string of the molecule is CCOc1ccc(S(=O)(=O)N2CCC[C@@H](C(=O)Nc3cc(OC)ccc3OC)C2)cc1C. The van der Waals surface area contributed by atoms with Crippen molar-refractivity contribution in [3.63, 3.8) is 0 Å². The molecule has 2 aromatic rings. The van der Waals surface area contributed by atoms with Crippen LogP contribution < -0.4 is 19.5 Å². The van der Waals surface area contributed by atoms with Crippen LogP contribution in [0.15, 0.2) is 41.3 Å². The second kappa shape index (κ2) is 10.2. The molecule has 0 aromatic heterocycles. The van der Waals surface area contributed by atoms with Gasteiger partial charge in [0.2, 0.25) is 15.9 Å². The lowest BCUT2D eigenvalue weighted by Gasteiger charge is -2.31. The van der Waals surface area contributed by atoms with Gasteiger partial charge in [-0.25, -0.2) is 8.42 Å². The third-order valence-electron chi connectivity index (χ3n) is 5.50. The molecule has 0 saturated carbocycles. The molecule has 0 unspecified atom stereocenters. The van der Waals surface area contributed by atoms with E-state index in [1.165, 1.54) is 11.4 Å². The maximum atomic E-state index is 13.2. The van der Waals surface area contributed by atoms with E-state index >= 15 is 0 Å². The second-order valence-corrected chi connectivity index (χ2v) is 9.56. The Hall–Kier alpha value is -2.78. The van der Waals surface area contributed by atoms with E-state index in [4.69, 9.17) is 14.2 Å². The van der Waals surface area contributed by atoms with Crippen LogP contribution in [0.3, 0.4) is 0 Å². The third kappa shape index (κ3) is 5.16. The first-order valence-corrected chi connectivity index (χ1v) is 12.0. The minimum absolute atomic E-state index is 0.118. The normalized spacial score (nSPS) is 16.9. The first-order chi connectivity index (χ1) is 15.3. The molecule has 1 N–H and O–H groups in total. The first-order valence-electron chi connectivity index (χ1n) is 10.6. The number of benzene rings is 2. The number of hydrogen-bond donors (Lipinski definition) is 1. The number of hydrogen-bond acceptors (Lipinski definition) is 6. The zero-order chi connectivity index (χ0) is 23.3. The van der Waals surface area contributed by atoms with E-state index in [0.717, 1.165) is 5.56 Å². The van der Waals surface area contributed by atoms with Crippen LogP contribution in [0.1, 0.15) is 25.3 Å². The molecule has 1 heterocycles. The number of carbonyl (C=O) groups excluding carboxylic acids is 1. The van der Waals surface area contributed by atoms with Gasteiger partial charge in [-0.1, -0.05) is 0 Å². The van der Waals surface area contributed by atoms with E-state index in [2.05, 4.69) is 5.32 Å². The highest BCUT2D eigenvalue weighted by Crippen LogP contribution is 2.31. The van der Waals surface area contributed by atoms with Crippen molar-refractivity contribution >= 4 is 21.6 Å². The molecule has 0 aliphatic carbocycles. The third-order valence-corrected chi connectivity index (χ3v) is 7.36. The number of carbonyl (C=O) groups is 1. The molecule has 1 aliphatic rings. The Labute approximate surface area is 189 Å². The Morgan fingerprint density at radius 2 is 1.88 bits per heavy atom. The van der Waals surface area contributed by atoms with Crippen LogP contribution in [0.4, 0.5) is 5.69 Å². The summed E-state index contributed by atoms with van der Waals surface area (Å²) in [6, 6.07) is 9.97. The van der Waals surface area contributed by atoms with Crippen LogP contribution in [-0.2, 0) is 14.8 Å². The largest absolute Gasteiger partial charge is 0.497 e. The number of methoxy groups -OCH3 is 2. The topological polar surface area (TPSA) is 94.2 Å². The van der Waals surface area contributed by atoms with Crippen molar-refractivity contribution in [3.8, 4) is 17.2 Å². The van der Waals surface area contributed by atoms with Crippen molar-refractivity contribution in [2.45, 2.75) is 31.6 Å². The van der Waals surface area contributed by atoms with Crippen LogP contribution in [0.2, 0.25) is 0 Å². The lowest BCUT2D eigenvalue weighted by Crippen LogP contribution is -2.43. The predicted octanol–water partition coefficient (Wildman–Crippen LogP) is 3.45. The highest BCUT2D eigenvalue weighted by Gasteiger charge is 2.34. The molecule has 1 fully saturated rings. The van der Waals surface area contributed by atoms with Gasteiger partial charge < -0.3 is 19.5 Å². The average Bonchev–Trinajstić information content (AvgIpc) is 2.80. The number of ether oxygens (including phenoxy) is 3. The second-order valence-electron chi connectivity index (χ2n) is 7.62. The fraction of sp³-hybridized carbons (Fsp3) is 0.435. The molecule has 9 heteroatoms. The van der Waals surface area contributed by atoms with Gasteiger partial charge in [-0.3, -0.25) is 4.79 Å². The number of amides is 1. The van der Waals surface area contributed by atoms with E-state index in [1.54, 1.807) is 43.5 Å². The molecule has 0 radical (unpaired) electrons. The molecule has 1 saturated heterocycles. The van der Waals surface area contributed by atoms with Crippen molar-refractivity contribution in [1.29, 1.82) is 0 Å². The lowest BCUT2D eigenvalue weighted by molar-refractivity contribution is -0.120. The van der Waals surface area contributed by atoms with Crippen molar-refractivity contribution in [2.24, 2.45) is 5.92 Å². The number of sulfonamides is 1. The van der Waals surface area contributed by atoms with Gasteiger partial charge in [-0.05, 0) is 62.6 Å². The molecule has 8 nitrogen and oxygen atoms in total. The van der Waals surface area contributed by atoms with Crippen LogP contribution in [0.5, 0.6) is 17.2 Å². The van der Waals surface area contributed by atoms with Gasteiger partial charge in [-0.2, -0.15) is 4.31 Å². The average molecular weight is 463 g/mol. The molecule has 32 heavy (non-hydrogen) atoms. The standard InChI is InChI=1S/C23H30N2O6S/c1-5-31-21-11-9-19(13-16(21)2)32(27,28)25-12-6-7-17(15-25)23(26)24-20-14-18(29-3)8-10-22(20)30-4/h8-11,13-14,17H,5-7,12,15H2,1-4H3,(H,24,26)/t17-/m1/s1. The van der Waals surface area contributed by atoms with E-state index in [-0.39, 0.29) is 17.3 Å². The predicted molar refractivity (Wildman–Crippen MR) is 122 cm³/mol. The Kier molecular flexibility index (Phi) is 7.63. The molecule has 2 aromatic carbocycles. The van der Waals surface area contributed by atoms with Crippen molar-refractivity contribution in [3.05, 3.63) is 42.0 Å². The summed E-state index contributed by atoms with van der Waals surface area (Å²) in [5.74, 6) is 1.02. The van der Waals surface area contributed by atoms with Gasteiger partial charge in [0.1, 0.15) is 17.2 Å². The summed E-state index contributed by atoms with van der Waals surface area (Å²) in [6.45, 7) is 4.70. The molecule has 1 atom stereocenters.